The molecule has 0 atom stereocenters. The van der Waals surface area contributed by atoms with E-state index in [1.165, 1.54) is 4.68 Å². The molecule has 2 aromatic carbocycles. The van der Waals surface area contributed by atoms with E-state index >= 15 is 0 Å². The van der Waals surface area contributed by atoms with Crippen molar-refractivity contribution in [1.29, 1.82) is 0 Å². The number of carbonyl (C=O) groups is 2. The summed E-state index contributed by atoms with van der Waals surface area (Å²) < 4.78 is 8.68. The van der Waals surface area contributed by atoms with Crippen LogP contribution < -0.4 is 15.4 Å². The Labute approximate surface area is 194 Å². The summed E-state index contributed by atoms with van der Waals surface area (Å²) in [5, 5.41) is 14.6. The molecule has 0 unspecified atom stereocenters. The zero-order valence-corrected chi connectivity index (χ0v) is 18.5. The van der Waals surface area contributed by atoms with Crippen LogP contribution in [0.4, 0.5) is 11.4 Å². The van der Waals surface area contributed by atoms with Gasteiger partial charge in [0.2, 0.25) is 0 Å². The third-order valence-electron chi connectivity index (χ3n) is 4.61. The van der Waals surface area contributed by atoms with Gasteiger partial charge in [0.25, 0.3) is 11.8 Å². The van der Waals surface area contributed by atoms with E-state index in [1.807, 2.05) is 25.1 Å². The summed E-state index contributed by atoms with van der Waals surface area (Å²) >= 11 is 5.95. The van der Waals surface area contributed by atoms with Gasteiger partial charge in [-0.05, 0) is 43.3 Å². The number of rotatable bonds is 8. The molecule has 4 aromatic rings. The second-order valence-electron chi connectivity index (χ2n) is 6.99. The van der Waals surface area contributed by atoms with Gasteiger partial charge in [-0.15, -0.1) is 0 Å². The van der Waals surface area contributed by atoms with Crippen molar-refractivity contribution in [1.82, 2.24) is 19.6 Å². The molecule has 4 rings (SSSR count). The van der Waals surface area contributed by atoms with E-state index in [0.717, 1.165) is 0 Å². The lowest BCUT2D eigenvalue weighted by molar-refractivity contribution is 0.102. The van der Waals surface area contributed by atoms with Gasteiger partial charge in [-0.3, -0.25) is 14.3 Å². The van der Waals surface area contributed by atoms with E-state index in [4.69, 9.17) is 16.3 Å². The first-order chi connectivity index (χ1) is 16.0. The number of hydrogen-bond donors (Lipinski definition) is 2. The maximum Gasteiger partial charge on any atom is 0.278 e. The molecule has 0 radical (unpaired) electrons. The summed E-state index contributed by atoms with van der Waals surface area (Å²) in [6.07, 6.45) is 3.23. The first kappa shape index (κ1) is 22.1. The number of carbonyl (C=O) groups excluding carboxylic acids is 2. The van der Waals surface area contributed by atoms with Gasteiger partial charge in [-0.2, -0.15) is 10.2 Å². The van der Waals surface area contributed by atoms with Gasteiger partial charge in [-0.1, -0.05) is 35.9 Å². The molecule has 0 spiro atoms. The first-order valence-electron chi connectivity index (χ1n) is 10.2. The highest BCUT2D eigenvalue weighted by Gasteiger charge is 2.20. The van der Waals surface area contributed by atoms with Gasteiger partial charge in [0.05, 0.1) is 5.69 Å². The number of aryl methyl sites for hydroxylation is 1. The summed E-state index contributed by atoms with van der Waals surface area (Å²) in [7, 11) is 0. The van der Waals surface area contributed by atoms with Crippen molar-refractivity contribution < 1.29 is 14.3 Å². The number of nitrogens with zero attached hydrogens (tertiary/aromatic N) is 4. The number of ether oxygens (including phenoxy) is 1. The van der Waals surface area contributed by atoms with Gasteiger partial charge < -0.3 is 15.4 Å². The number of anilines is 2. The average Bonchev–Trinajstić information content (AvgIpc) is 3.46. The monoisotopic (exact) mass is 464 g/mol. The predicted octanol–water partition coefficient (Wildman–Crippen LogP) is 4.29. The van der Waals surface area contributed by atoms with Crippen molar-refractivity contribution in [2.75, 3.05) is 10.6 Å². The Balaban J connectivity index is 1.44. The van der Waals surface area contributed by atoms with Gasteiger partial charge >= 0.3 is 0 Å². The van der Waals surface area contributed by atoms with E-state index in [2.05, 4.69) is 20.8 Å². The lowest BCUT2D eigenvalue weighted by Gasteiger charge is -2.07. The van der Waals surface area contributed by atoms with Gasteiger partial charge in [-0.25, -0.2) is 4.68 Å². The Morgan fingerprint density at radius 1 is 0.970 bits per heavy atom. The van der Waals surface area contributed by atoms with Gasteiger partial charge in [0.15, 0.2) is 18.1 Å². The lowest BCUT2D eigenvalue weighted by Crippen LogP contribution is -2.18. The number of benzene rings is 2. The third-order valence-corrected chi connectivity index (χ3v) is 4.85. The molecule has 33 heavy (non-hydrogen) atoms. The second-order valence-corrected chi connectivity index (χ2v) is 7.43. The Morgan fingerprint density at radius 2 is 1.79 bits per heavy atom. The van der Waals surface area contributed by atoms with Gasteiger partial charge in [0.1, 0.15) is 5.75 Å². The van der Waals surface area contributed by atoms with Crippen molar-refractivity contribution in [2.24, 2.45) is 0 Å². The molecule has 2 amide bonds. The number of aromatic nitrogens is 4. The smallest absolute Gasteiger partial charge is 0.278 e. The van der Waals surface area contributed by atoms with Crippen molar-refractivity contribution in [3.05, 3.63) is 89.5 Å². The van der Waals surface area contributed by atoms with Gasteiger partial charge in [0, 0.05) is 29.6 Å². The molecule has 2 heterocycles. The van der Waals surface area contributed by atoms with Crippen LogP contribution in [0.3, 0.4) is 0 Å². The zero-order chi connectivity index (χ0) is 23.2. The molecule has 0 aliphatic heterocycles. The fraction of sp³-hybridized carbons (Fsp3) is 0.130. The summed E-state index contributed by atoms with van der Waals surface area (Å²) in [4.78, 5) is 25.5. The maximum absolute atomic E-state index is 12.8. The van der Waals surface area contributed by atoms with Crippen LogP contribution in [-0.2, 0) is 13.3 Å². The summed E-state index contributed by atoms with van der Waals surface area (Å²) in [6.45, 7) is 2.53. The number of para-hydroxylation sites is 1. The molecule has 0 aliphatic rings. The lowest BCUT2D eigenvalue weighted by atomic mass is 10.3. The molecule has 0 saturated carbocycles. The minimum Gasteiger partial charge on any atom is -0.471 e. The number of hydrogen-bond acceptors (Lipinski definition) is 5. The minimum atomic E-state index is -0.471. The SMILES string of the molecule is CCn1cc(NC(=O)c2ccn(COc3cccc(Cl)c3)n2)c(C(=O)Nc2ccccc2)n1. The van der Waals surface area contributed by atoms with E-state index in [0.29, 0.717) is 28.7 Å². The van der Waals surface area contributed by atoms with Crippen molar-refractivity contribution in [2.45, 2.75) is 20.2 Å². The largest absolute Gasteiger partial charge is 0.471 e. The molecular weight excluding hydrogens is 444 g/mol. The van der Waals surface area contributed by atoms with E-state index < -0.39 is 11.8 Å². The second kappa shape index (κ2) is 10.0. The molecule has 168 valence electrons. The molecule has 9 nitrogen and oxygen atoms in total. The molecule has 0 aliphatic carbocycles. The fourth-order valence-corrected chi connectivity index (χ4v) is 3.17. The Bertz CT molecular complexity index is 1270. The minimum absolute atomic E-state index is 0.103. The van der Waals surface area contributed by atoms with Crippen LogP contribution in [0.5, 0.6) is 5.75 Å². The average molecular weight is 465 g/mol. The maximum atomic E-state index is 12.8. The molecular formula is C23H21ClN6O3. The molecule has 0 saturated heterocycles. The van der Waals surface area contributed by atoms with Crippen LogP contribution in [0.2, 0.25) is 5.02 Å². The van der Waals surface area contributed by atoms with Crippen molar-refractivity contribution >= 4 is 34.8 Å². The summed E-state index contributed by atoms with van der Waals surface area (Å²) in [5.74, 6) is -0.310. The number of halogens is 1. The Morgan fingerprint density at radius 3 is 2.55 bits per heavy atom. The molecule has 0 bridgehead atoms. The first-order valence-corrected chi connectivity index (χ1v) is 10.6. The highest BCUT2D eigenvalue weighted by atomic mass is 35.5. The standard InChI is InChI=1S/C23H21ClN6O3/c1-2-29-14-20(21(28-29)23(32)25-17-8-4-3-5-9-17)26-22(31)19-11-12-30(27-19)15-33-18-10-6-7-16(24)13-18/h3-14H,2,15H2,1H3,(H,25,32)(H,26,31). The fourth-order valence-electron chi connectivity index (χ4n) is 2.99. The van der Waals surface area contributed by atoms with Crippen molar-refractivity contribution in [3.63, 3.8) is 0 Å². The zero-order valence-electron chi connectivity index (χ0n) is 17.7. The van der Waals surface area contributed by atoms with E-state index in [9.17, 15) is 9.59 Å². The quantitative estimate of drug-likeness (QED) is 0.405. The highest BCUT2D eigenvalue weighted by molar-refractivity contribution is 6.30. The normalized spacial score (nSPS) is 10.6. The van der Waals surface area contributed by atoms with E-state index in [1.54, 1.807) is 59.5 Å². The molecule has 2 N–H and O–H groups in total. The van der Waals surface area contributed by atoms with Crippen LogP contribution in [0.15, 0.2) is 73.1 Å². The summed E-state index contributed by atoms with van der Waals surface area (Å²) in [6, 6.07) is 17.6. The van der Waals surface area contributed by atoms with E-state index in [-0.39, 0.29) is 18.1 Å². The topological polar surface area (TPSA) is 103 Å². The number of amides is 2. The number of nitrogens with one attached hydrogen (secondary N) is 2. The Kier molecular flexibility index (Phi) is 6.70. The predicted molar refractivity (Wildman–Crippen MR) is 125 cm³/mol. The van der Waals surface area contributed by atoms with Crippen LogP contribution in [-0.4, -0.2) is 31.4 Å². The molecule has 2 aromatic heterocycles. The Hall–Kier alpha value is -4.11. The van der Waals surface area contributed by atoms with Crippen LogP contribution in [0, 0.1) is 0 Å². The summed E-state index contributed by atoms with van der Waals surface area (Å²) in [5.41, 5.74) is 1.20. The molecule has 0 fully saturated rings. The highest BCUT2D eigenvalue weighted by Crippen LogP contribution is 2.19. The molecule has 10 heteroatoms. The van der Waals surface area contributed by atoms with Crippen molar-refractivity contribution in [3.8, 4) is 5.75 Å². The van der Waals surface area contributed by atoms with Crippen LogP contribution in [0.1, 0.15) is 27.9 Å². The van der Waals surface area contributed by atoms with Crippen LogP contribution in [0.25, 0.3) is 0 Å². The van der Waals surface area contributed by atoms with Crippen LogP contribution >= 0.6 is 11.6 Å². The third kappa shape index (κ3) is 5.58.